The lowest BCUT2D eigenvalue weighted by Gasteiger charge is -2.07. The molecule has 4 nitrogen and oxygen atoms in total. The van der Waals surface area contributed by atoms with E-state index in [1.165, 1.54) is 5.56 Å². The van der Waals surface area contributed by atoms with Crippen molar-refractivity contribution in [1.82, 2.24) is 4.98 Å². The van der Waals surface area contributed by atoms with Crippen LogP contribution in [0.2, 0.25) is 0 Å². The number of aryl methyl sites for hydroxylation is 1. The maximum absolute atomic E-state index is 9.05. The summed E-state index contributed by atoms with van der Waals surface area (Å²) in [6.07, 6.45) is 1.80. The Kier molecular flexibility index (Phi) is 5.68. The first-order valence-electron chi connectivity index (χ1n) is 6.68. The Labute approximate surface area is 118 Å². The summed E-state index contributed by atoms with van der Waals surface area (Å²) in [6, 6.07) is 13.6. The fourth-order valence-corrected chi connectivity index (χ4v) is 1.93. The number of hydrogen-bond acceptors (Lipinski definition) is 4. The smallest absolute Gasteiger partial charge is 0.196 e. The average Bonchev–Trinajstić information content (AvgIpc) is 2.48. The molecule has 0 atom stereocenters. The Hall–Kier alpha value is -1.75. The first kappa shape index (κ1) is 14.7. The lowest BCUT2D eigenvalue weighted by atomic mass is 10.1. The van der Waals surface area contributed by atoms with Crippen LogP contribution in [0.5, 0.6) is 0 Å². The molecule has 0 bridgehead atoms. The van der Waals surface area contributed by atoms with E-state index < -0.39 is 6.29 Å². The summed E-state index contributed by atoms with van der Waals surface area (Å²) < 4.78 is 5.60. The van der Waals surface area contributed by atoms with E-state index in [0.29, 0.717) is 13.2 Å². The molecule has 1 aromatic heterocycles. The van der Waals surface area contributed by atoms with Crippen molar-refractivity contribution < 1.29 is 14.9 Å². The van der Waals surface area contributed by atoms with Crippen molar-refractivity contribution in [3.63, 3.8) is 0 Å². The molecular formula is C16H19NO3. The molecular weight excluding hydrogens is 254 g/mol. The highest BCUT2D eigenvalue weighted by atomic mass is 16.5. The summed E-state index contributed by atoms with van der Waals surface area (Å²) in [4.78, 5) is 3.89. The topological polar surface area (TPSA) is 62.6 Å². The minimum atomic E-state index is -1.51. The predicted octanol–water partition coefficient (Wildman–Crippen LogP) is 2.21. The summed E-state index contributed by atoms with van der Waals surface area (Å²) in [5, 5.41) is 18.1. The van der Waals surface area contributed by atoms with Crippen LogP contribution in [-0.4, -0.2) is 21.8 Å². The van der Waals surface area contributed by atoms with E-state index in [1.807, 2.05) is 36.4 Å². The van der Waals surface area contributed by atoms with Gasteiger partial charge in [-0.2, -0.15) is 0 Å². The zero-order chi connectivity index (χ0) is 14.2. The lowest BCUT2D eigenvalue weighted by molar-refractivity contribution is -0.0458. The van der Waals surface area contributed by atoms with Gasteiger partial charge in [0.1, 0.15) is 0 Å². The number of rotatable bonds is 7. The summed E-state index contributed by atoms with van der Waals surface area (Å²) in [5.41, 5.74) is 2.49. The minimum absolute atomic E-state index is 0.285. The van der Waals surface area contributed by atoms with Gasteiger partial charge in [-0.05, 0) is 36.1 Å². The molecule has 106 valence electrons. The fraction of sp³-hybridized carbons (Fsp3) is 0.312. The van der Waals surface area contributed by atoms with Crippen LogP contribution < -0.4 is 0 Å². The molecule has 0 aliphatic heterocycles. The monoisotopic (exact) mass is 273 g/mol. The van der Waals surface area contributed by atoms with Gasteiger partial charge in [0, 0.05) is 12.8 Å². The van der Waals surface area contributed by atoms with Crippen molar-refractivity contribution in [3.8, 4) is 0 Å². The number of aliphatic hydroxyl groups excluding tert-OH is 1. The third-order valence-electron chi connectivity index (χ3n) is 2.98. The maximum Gasteiger partial charge on any atom is 0.196 e. The highest BCUT2D eigenvalue weighted by Crippen LogP contribution is 2.10. The van der Waals surface area contributed by atoms with Gasteiger partial charge in [-0.25, -0.2) is 0 Å². The molecule has 4 heteroatoms. The van der Waals surface area contributed by atoms with Crippen molar-refractivity contribution in [1.29, 1.82) is 0 Å². The number of aliphatic hydroxyl groups is 2. The number of ether oxygens (including phenoxy) is 1. The molecule has 0 amide bonds. The van der Waals surface area contributed by atoms with Crippen LogP contribution >= 0.6 is 0 Å². The van der Waals surface area contributed by atoms with E-state index >= 15 is 0 Å². The zero-order valence-electron chi connectivity index (χ0n) is 11.3. The maximum atomic E-state index is 9.05. The second kappa shape index (κ2) is 7.75. The van der Waals surface area contributed by atoms with Crippen LogP contribution in [0.3, 0.4) is 0 Å². The molecule has 1 heterocycles. The summed E-state index contributed by atoms with van der Waals surface area (Å²) >= 11 is 0. The molecule has 0 spiro atoms. The van der Waals surface area contributed by atoms with Crippen LogP contribution in [0.15, 0.2) is 48.7 Å². The van der Waals surface area contributed by atoms with Gasteiger partial charge < -0.3 is 14.9 Å². The minimum Gasteiger partial charge on any atom is -0.377 e. The Morgan fingerprint density at radius 3 is 2.60 bits per heavy atom. The summed E-state index contributed by atoms with van der Waals surface area (Å²) in [7, 11) is 0. The summed E-state index contributed by atoms with van der Waals surface area (Å²) in [5.74, 6) is 0. The van der Waals surface area contributed by atoms with Gasteiger partial charge in [-0.15, -0.1) is 0 Å². The van der Waals surface area contributed by atoms with Crippen molar-refractivity contribution in [2.45, 2.75) is 25.7 Å². The Morgan fingerprint density at radius 2 is 1.85 bits per heavy atom. The van der Waals surface area contributed by atoms with Crippen LogP contribution in [0, 0.1) is 0 Å². The standard InChI is InChI=1S/C16H19NO3/c18-16(19)15-11-13(8-9-17-15)7-4-10-20-12-14-5-2-1-3-6-14/h1-3,5-6,8-9,11,16,18-19H,4,7,10,12H2. The number of hydrogen-bond donors (Lipinski definition) is 2. The van der Waals surface area contributed by atoms with Crippen LogP contribution in [0.4, 0.5) is 0 Å². The van der Waals surface area contributed by atoms with E-state index in [2.05, 4.69) is 4.98 Å². The van der Waals surface area contributed by atoms with Crippen LogP contribution in [0.25, 0.3) is 0 Å². The molecule has 1 aromatic carbocycles. The normalized spacial score (nSPS) is 10.9. The second-order valence-electron chi connectivity index (χ2n) is 4.60. The van der Waals surface area contributed by atoms with E-state index in [4.69, 9.17) is 14.9 Å². The van der Waals surface area contributed by atoms with Gasteiger partial charge in [0.25, 0.3) is 0 Å². The van der Waals surface area contributed by atoms with Gasteiger partial charge in [0.15, 0.2) is 6.29 Å². The quantitative estimate of drug-likeness (QED) is 0.600. The molecule has 2 rings (SSSR count). The Morgan fingerprint density at radius 1 is 1.05 bits per heavy atom. The molecule has 0 aliphatic carbocycles. The third-order valence-corrected chi connectivity index (χ3v) is 2.98. The molecule has 0 saturated carbocycles. The summed E-state index contributed by atoms with van der Waals surface area (Å²) in [6.45, 7) is 1.30. The molecule has 2 aromatic rings. The van der Waals surface area contributed by atoms with Crippen molar-refractivity contribution in [3.05, 3.63) is 65.5 Å². The van der Waals surface area contributed by atoms with Gasteiger partial charge in [0.05, 0.1) is 12.3 Å². The first-order valence-corrected chi connectivity index (χ1v) is 6.68. The highest BCUT2D eigenvalue weighted by Gasteiger charge is 2.04. The Balaban J connectivity index is 1.69. The van der Waals surface area contributed by atoms with E-state index in [-0.39, 0.29) is 5.69 Å². The van der Waals surface area contributed by atoms with E-state index in [9.17, 15) is 0 Å². The van der Waals surface area contributed by atoms with E-state index in [0.717, 1.165) is 18.4 Å². The van der Waals surface area contributed by atoms with Crippen molar-refractivity contribution in [2.75, 3.05) is 6.61 Å². The number of pyridine rings is 1. The van der Waals surface area contributed by atoms with Crippen LogP contribution in [0.1, 0.15) is 29.5 Å². The molecule has 2 N–H and O–H groups in total. The third kappa shape index (κ3) is 4.74. The predicted molar refractivity (Wildman–Crippen MR) is 75.8 cm³/mol. The molecule has 0 unspecified atom stereocenters. The van der Waals surface area contributed by atoms with Crippen molar-refractivity contribution >= 4 is 0 Å². The lowest BCUT2D eigenvalue weighted by Crippen LogP contribution is -2.01. The van der Waals surface area contributed by atoms with Gasteiger partial charge in [-0.3, -0.25) is 4.98 Å². The second-order valence-corrected chi connectivity index (χ2v) is 4.60. The fourth-order valence-electron chi connectivity index (χ4n) is 1.93. The number of benzene rings is 1. The largest absolute Gasteiger partial charge is 0.377 e. The SMILES string of the molecule is OC(O)c1cc(CCCOCc2ccccc2)ccn1. The Bertz CT molecular complexity index is 514. The van der Waals surface area contributed by atoms with Gasteiger partial charge in [0.2, 0.25) is 0 Å². The average molecular weight is 273 g/mol. The number of aromatic nitrogens is 1. The first-order chi connectivity index (χ1) is 9.75. The molecule has 0 saturated heterocycles. The van der Waals surface area contributed by atoms with Crippen LogP contribution in [-0.2, 0) is 17.8 Å². The zero-order valence-corrected chi connectivity index (χ0v) is 11.3. The molecule has 0 fully saturated rings. The highest BCUT2D eigenvalue weighted by molar-refractivity contribution is 5.17. The molecule has 0 radical (unpaired) electrons. The van der Waals surface area contributed by atoms with Crippen molar-refractivity contribution in [2.24, 2.45) is 0 Å². The van der Waals surface area contributed by atoms with E-state index in [1.54, 1.807) is 12.3 Å². The molecule has 20 heavy (non-hydrogen) atoms. The molecule has 0 aliphatic rings. The van der Waals surface area contributed by atoms with Gasteiger partial charge in [-0.1, -0.05) is 30.3 Å². The van der Waals surface area contributed by atoms with Gasteiger partial charge >= 0.3 is 0 Å². The number of nitrogens with zero attached hydrogens (tertiary/aromatic N) is 1.